The summed E-state index contributed by atoms with van der Waals surface area (Å²) < 4.78 is 5.89. The molecule has 1 aliphatic rings. The topological polar surface area (TPSA) is 25.4 Å². The number of hydrogen-bond donors (Lipinski definition) is 0. The van der Waals surface area contributed by atoms with Crippen LogP contribution in [0.3, 0.4) is 0 Å². The first-order valence-electron chi connectivity index (χ1n) is 6.06. The third-order valence-electron chi connectivity index (χ3n) is 3.14. The van der Waals surface area contributed by atoms with Gasteiger partial charge in [-0.1, -0.05) is 0 Å². The lowest BCUT2D eigenvalue weighted by Gasteiger charge is -2.34. The van der Waals surface area contributed by atoms with Crippen molar-refractivity contribution in [3.63, 3.8) is 0 Å². The van der Waals surface area contributed by atoms with E-state index in [2.05, 4.69) is 23.7 Å². The Morgan fingerprint density at radius 2 is 2.12 bits per heavy atom. The Balaban J connectivity index is 1.82. The highest BCUT2D eigenvalue weighted by Gasteiger charge is 2.21. The third-order valence-corrected chi connectivity index (χ3v) is 3.14. The fraction of sp³-hybridized carbons (Fsp3) is 0.615. The van der Waals surface area contributed by atoms with E-state index in [0.29, 0.717) is 12.1 Å². The summed E-state index contributed by atoms with van der Waals surface area (Å²) in [6, 6.07) is 4.54. The Morgan fingerprint density at radius 1 is 1.38 bits per heavy atom. The second-order valence-electron chi connectivity index (χ2n) is 4.64. The van der Waals surface area contributed by atoms with E-state index < -0.39 is 0 Å². The van der Waals surface area contributed by atoms with Gasteiger partial charge in [0.1, 0.15) is 11.9 Å². The molecule has 0 amide bonds. The molecule has 0 radical (unpaired) electrons. The summed E-state index contributed by atoms with van der Waals surface area (Å²) in [6.45, 7) is 6.79. The van der Waals surface area contributed by atoms with Gasteiger partial charge in [0.15, 0.2) is 0 Å². The lowest BCUT2D eigenvalue weighted by Crippen LogP contribution is -2.41. The van der Waals surface area contributed by atoms with Gasteiger partial charge >= 0.3 is 0 Å². The Labute approximate surface area is 97.4 Å². The van der Waals surface area contributed by atoms with Gasteiger partial charge in [-0.2, -0.15) is 0 Å². The summed E-state index contributed by atoms with van der Waals surface area (Å²) in [5.74, 6) is 0.894. The maximum Gasteiger partial charge on any atom is 0.137 e. The number of ether oxygens (including phenoxy) is 1. The molecule has 0 unspecified atom stereocenters. The first-order chi connectivity index (χ1) is 7.75. The summed E-state index contributed by atoms with van der Waals surface area (Å²) in [6.07, 6.45) is 6.16. The minimum absolute atomic E-state index is 0.360. The number of nitrogens with zero attached hydrogens (tertiary/aromatic N) is 2. The molecule has 0 atom stereocenters. The van der Waals surface area contributed by atoms with Crippen LogP contribution < -0.4 is 4.74 Å². The molecule has 0 bridgehead atoms. The predicted octanol–water partition coefficient (Wildman–Crippen LogP) is 2.33. The summed E-state index contributed by atoms with van der Waals surface area (Å²) in [4.78, 5) is 6.56. The molecule has 0 aliphatic carbocycles. The van der Waals surface area contributed by atoms with Crippen molar-refractivity contribution in [3.05, 3.63) is 24.5 Å². The van der Waals surface area contributed by atoms with Crippen molar-refractivity contribution in [1.82, 2.24) is 9.88 Å². The zero-order valence-electron chi connectivity index (χ0n) is 10.1. The van der Waals surface area contributed by atoms with Gasteiger partial charge in [0.05, 0.1) is 6.20 Å². The molecule has 16 heavy (non-hydrogen) atoms. The SMILES string of the molecule is CC(C)N1CCC(Oc2cccnc2)CC1. The van der Waals surface area contributed by atoms with Gasteiger partial charge < -0.3 is 9.64 Å². The van der Waals surface area contributed by atoms with E-state index >= 15 is 0 Å². The van der Waals surface area contributed by atoms with Crippen LogP contribution in [0.5, 0.6) is 5.75 Å². The number of piperidine rings is 1. The molecule has 2 rings (SSSR count). The lowest BCUT2D eigenvalue weighted by molar-refractivity contribution is 0.0841. The lowest BCUT2D eigenvalue weighted by atomic mass is 10.1. The Bertz CT molecular complexity index is 305. The summed E-state index contributed by atoms with van der Waals surface area (Å²) in [5, 5.41) is 0. The van der Waals surface area contributed by atoms with Crippen molar-refractivity contribution in [2.75, 3.05) is 13.1 Å². The molecule has 1 aliphatic heterocycles. The average molecular weight is 220 g/mol. The monoisotopic (exact) mass is 220 g/mol. The van der Waals surface area contributed by atoms with E-state index in [9.17, 15) is 0 Å². The Kier molecular flexibility index (Phi) is 3.78. The van der Waals surface area contributed by atoms with Gasteiger partial charge in [0, 0.05) is 25.3 Å². The molecule has 1 fully saturated rings. The first kappa shape index (κ1) is 11.4. The van der Waals surface area contributed by atoms with Gasteiger partial charge in [0.2, 0.25) is 0 Å². The van der Waals surface area contributed by atoms with Crippen LogP contribution in [0, 0.1) is 0 Å². The molecule has 88 valence electrons. The van der Waals surface area contributed by atoms with Gasteiger partial charge in [-0.15, -0.1) is 0 Å². The molecule has 3 nitrogen and oxygen atoms in total. The van der Waals surface area contributed by atoms with Crippen molar-refractivity contribution < 1.29 is 4.74 Å². The van der Waals surface area contributed by atoms with Gasteiger partial charge in [-0.05, 0) is 38.8 Å². The molecule has 1 aromatic rings. The first-order valence-corrected chi connectivity index (χ1v) is 6.06. The maximum atomic E-state index is 5.89. The molecule has 0 spiro atoms. The summed E-state index contributed by atoms with van der Waals surface area (Å²) in [5.41, 5.74) is 0. The standard InChI is InChI=1S/C13H20N2O/c1-11(2)15-8-5-12(6-9-15)16-13-4-3-7-14-10-13/h3-4,7,10-12H,5-6,8-9H2,1-2H3. The molecule has 0 aromatic carbocycles. The van der Waals surface area contributed by atoms with E-state index in [4.69, 9.17) is 4.74 Å². The molecule has 2 heterocycles. The number of rotatable bonds is 3. The number of pyridine rings is 1. The minimum atomic E-state index is 0.360. The van der Waals surface area contributed by atoms with Crippen molar-refractivity contribution in [3.8, 4) is 5.75 Å². The fourth-order valence-electron chi connectivity index (χ4n) is 2.12. The molecule has 1 saturated heterocycles. The van der Waals surface area contributed by atoms with Crippen LogP contribution in [0.25, 0.3) is 0 Å². The smallest absolute Gasteiger partial charge is 0.137 e. The van der Waals surface area contributed by atoms with Crippen LogP contribution in [0.15, 0.2) is 24.5 Å². The second kappa shape index (κ2) is 5.30. The molecular weight excluding hydrogens is 200 g/mol. The van der Waals surface area contributed by atoms with Crippen LogP contribution in [-0.4, -0.2) is 35.1 Å². The minimum Gasteiger partial charge on any atom is -0.489 e. The number of likely N-dealkylation sites (tertiary alicyclic amines) is 1. The van der Waals surface area contributed by atoms with E-state index in [-0.39, 0.29) is 0 Å². The second-order valence-corrected chi connectivity index (χ2v) is 4.64. The maximum absolute atomic E-state index is 5.89. The Hall–Kier alpha value is -1.09. The van der Waals surface area contributed by atoms with E-state index in [0.717, 1.165) is 31.7 Å². The summed E-state index contributed by atoms with van der Waals surface area (Å²) >= 11 is 0. The zero-order chi connectivity index (χ0) is 11.4. The van der Waals surface area contributed by atoms with Crippen LogP contribution >= 0.6 is 0 Å². The molecular formula is C13H20N2O. The highest BCUT2D eigenvalue weighted by atomic mass is 16.5. The van der Waals surface area contributed by atoms with Gasteiger partial charge in [0.25, 0.3) is 0 Å². The zero-order valence-corrected chi connectivity index (χ0v) is 10.1. The number of aromatic nitrogens is 1. The van der Waals surface area contributed by atoms with Crippen LogP contribution in [-0.2, 0) is 0 Å². The van der Waals surface area contributed by atoms with Crippen molar-refractivity contribution in [2.45, 2.75) is 38.8 Å². The summed E-state index contributed by atoms with van der Waals surface area (Å²) in [7, 11) is 0. The van der Waals surface area contributed by atoms with Crippen molar-refractivity contribution in [1.29, 1.82) is 0 Å². The van der Waals surface area contributed by atoms with Crippen LogP contribution in [0.1, 0.15) is 26.7 Å². The highest BCUT2D eigenvalue weighted by molar-refractivity contribution is 5.15. The normalized spacial score (nSPS) is 18.9. The molecule has 3 heteroatoms. The number of hydrogen-bond acceptors (Lipinski definition) is 3. The average Bonchev–Trinajstić information content (AvgIpc) is 2.31. The predicted molar refractivity (Wildman–Crippen MR) is 64.6 cm³/mol. The van der Waals surface area contributed by atoms with Gasteiger partial charge in [-0.3, -0.25) is 4.98 Å². The van der Waals surface area contributed by atoms with Gasteiger partial charge in [-0.25, -0.2) is 0 Å². The largest absolute Gasteiger partial charge is 0.489 e. The van der Waals surface area contributed by atoms with Crippen LogP contribution in [0.2, 0.25) is 0 Å². The highest BCUT2D eigenvalue weighted by Crippen LogP contribution is 2.18. The quantitative estimate of drug-likeness (QED) is 0.781. The van der Waals surface area contributed by atoms with E-state index in [1.54, 1.807) is 12.4 Å². The molecule has 1 aromatic heterocycles. The van der Waals surface area contributed by atoms with E-state index in [1.165, 1.54) is 0 Å². The van der Waals surface area contributed by atoms with Crippen molar-refractivity contribution >= 4 is 0 Å². The molecule has 0 saturated carbocycles. The third kappa shape index (κ3) is 2.95. The van der Waals surface area contributed by atoms with Crippen LogP contribution in [0.4, 0.5) is 0 Å². The van der Waals surface area contributed by atoms with Crippen molar-refractivity contribution in [2.24, 2.45) is 0 Å². The Morgan fingerprint density at radius 3 is 2.69 bits per heavy atom. The molecule has 0 N–H and O–H groups in total. The van der Waals surface area contributed by atoms with E-state index in [1.807, 2.05) is 12.1 Å². The fourth-order valence-corrected chi connectivity index (χ4v) is 2.12.